The van der Waals surface area contributed by atoms with E-state index in [1.165, 1.54) is 12.8 Å². The summed E-state index contributed by atoms with van der Waals surface area (Å²) < 4.78 is 0. The average molecular weight is 289 g/mol. The van der Waals surface area contributed by atoms with Gasteiger partial charge in [0.25, 0.3) is 0 Å². The molecule has 0 heterocycles. The molecule has 1 atom stereocenters. The molecule has 0 spiro atoms. The van der Waals surface area contributed by atoms with Gasteiger partial charge in [-0.2, -0.15) is 0 Å². The van der Waals surface area contributed by atoms with E-state index in [4.69, 9.17) is 0 Å². The molecule has 1 saturated carbocycles. The molecule has 1 aliphatic carbocycles. The zero-order valence-electron chi connectivity index (χ0n) is 12.5. The number of hydrogen-bond donors (Lipinski definition) is 2. The van der Waals surface area contributed by atoms with Crippen molar-refractivity contribution in [1.82, 2.24) is 5.32 Å². The van der Waals surface area contributed by atoms with Gasteiger partial charge in [0.05, 0.1) is 5.92 Å². The van der Waals surface area contributed by atoms with Crippen LogP contribution in [-0.4, -0.2) is 23.5 Å². The van der Waals surface area contributed by atoms with Gasteiger partial charge in [0.1, 0.15) is 0 Å². The van der Waals surface area contributed by atoms with Gasteiger partial charge in [-0.3, -0.25) is 9.59 Å². The van der Waals surface area contributed by atoms with Crippen LogP contribution in [0.2, 0.25) is 0 Å². The van der Waals surface area contributed by atoms with Crippen molar-refractivity contribution < 1.29 is 14.7 Å². The molecule has 1 aromatic rings. The van der Waals surface area contributed by atoms with E-state index in [2.05, 4.69) is 5.32 Å². The van der Waals surface area contributed by atoms with Gasteiger partial charge >= 0.3 is 5.97 Å². The van der Waals surface area contributed by atoms with Crippen LogP contribution in [0.4, 0.5) is 0 Å². The molecule has 4 nitrogen and oxygen atoms in total. The van der Waals surface area contributed by atoms with Crippen molar-refractivity contribution >= 4 is 11.9 Å². The third-order valence-electron chi connectivity index (χ3n) is 3.94. The summed E-state index contributed by atoms with van der Waals surface area (Å²) in [5.74, 6) is -0.744. The molecular formula is C17H23NO3. The highest BCUT2D eigenvalue weighted by atomic mass is 16.4. The van der Waals surface area contributed by atoms with Gasteiger partial charge in [-0.05, 0) is 31.2 Å². The summed E-state index contributed by atoms with van der Waals surface area (Å²) in [6, 6.07) is 7.83. The summed E-state index contributed by atoms with van der Waals surface area (Å²) in [6.45, 7) is 2.19. The number of carbonyl (C=O) groups excluding carboxylic acids is 1. The number of amides is 1. The van der Waals surface area contributed by atoms with E-state index in [1.54, 1.807) is 0 Å². The Labute approximate surface area is 125 Å². The monoisotopic (exact) mass is 289 g/mol. The van der Waals surface area contributed by atoms with Crippen LogP contribution in [0.25, 0.3) is 0 Å². The fourth-order valence-corrected chi connectivity index (χ4v) is 2.44. The van der Waals surface area contributed by atoms with Gasteiger partial charge in [-0.1, -0.05) is 42.7 Å². The average Bonchev–Trinajstić information content (AvgIpc) is 3.25. The molecule has 4 heteroatoms. The van der Waals surface area contributed by atoms with E-state index in [0.29, 0.717) is 12.8 Å². The standard InChI is InChI=1S/C17H23NO3/c1-12-3-2-4-14(9-12)10-15(17(20)21)11-18-16(19)8-7-13-5-6-13/h2-4,9,13,15H,5-8,10-11H2,1H3,(H,18,19)(H,20,21). The second kappa shape index (κ2) is 7.25. The minimum absolute atomic E-state index is 0.0302. The maximum absolute atomic E-state index is 11.7. The van der Waals surface area contributed by atoms with E-state index in [9.17, 15) is 14.7 Å². The van der Waals surface area contributed by atoms with Gasteiger partial charge in [0, 0.05) is 13.0 Å². The van der Waals surface area contributed by atoms with E-state index in [-0.39, 0.29) is 12.5 Å². The predicted octanol–water partition coefficient (Wildman–Crippen LogP) is 2.54. The molecule has 1 amide bonds. The highest BCUT2D eigenvalue weighted by molar-refractivity contribution is 5.77. The van der Waals surface area contributed by atoms with Crippen LogP contribution in [-0.2, 0) is 16.0 Å². The lowest BCUT2D eigenvalue weighted by atomic mass is 9.98. The zero-order valence-corrected chi connectivity index (χ0v) is 12.5. The Morgan fingerprint density at radius 3 is 2.76 bits per heavy atom. The molecule has 21 heavy (non-hydrogen) atoms. The number of carboxylic acids is 1. The molecule has 1 aromatic carbocycles. The number of carboxylic acid groups (broad SMARTS) is 1. The number of rotatable bonds is 8. The van der Waals surface area contributed by atoms with Gasteiger partial charge in [0.15, 0.2) is 0 Å². The van der Waals surface area contributed by atoms with Crippen LogP contribution in [0.15, 0.2) is 24.3 Å². The summed E-state index contributed by atoms with van der Waals surface area (Å²) >= 11 is 0. The van der Waals surface area contributed by atoms with Gasteiger partial charge in [-0.15, -0.1) is 0 Å². The predicted molar refractivity (Wildman–Crippen MR) is 81.0 cm³/mol. The summed E-state index contributed by atoms with van der Waals surface area (Å²) in [6.07, 6.45) is 4.36. The van der Waals surface area contributed by atoms with Gasteiger partial charge in [0.2, 0.25) is 5.91 Å². The molecule has 1 unspecified atom stereocenters. The second-order valence-electron chi connectivity index (χ2n) is 6.01. The number of carbonyl (C=O) groups is 2. The van der Waals surface area contributed by atoms with E-state index in [1.807, 2.05) is 31.2 Å². The highest BCUT2D eigenvalue weighted by Crippen LogP contribution is 2.33. The lowest BCUT2D eigenvalue weighted by molar-refractivity contribution is -0.141. The first-order chi connectivity index (χ1) is 10.0. The number of hydrogen-bond acceptors (Lipinski definition) is 2. The van der Waals surface area contributed by atoms with Crippen molar-refractivity contribution in [2.24, 2.45) is 11.8 Å². The zero-order chi connectivity index (χ0) is 15.2. The van der Waals surface area contributed by atoms with E-state index in [0.717, 1.165) is 23.5 Å². The van der Waals surface area contributed by atoms with Gasteiger partial charge in [-0.25, -0.2) is 0 Å². The van der Waals surface area contributed by atoms with Crippen molar-refractivity contribution in [2.75, 3.05) is 6.54 Å². The smallest absolute Gasteiger partial charge is 0.308 e. The quantitative estimate of drug-likeness (QED) is 0.773. The SMILES string of the molecule is Cc1cccc(CC(CNC(=O)CCC2CC2)C(=O)O)c1. The van der Waals surface area contributed by atoms with Crippen molar-refractivity contribution in [1.29, 1.82) is 0 Å². The fourth-order valence-electron chi connectivity index (χ4n) is 2.44. The van der Waals surface area contributed by atoms with Crippen molar-refractivity contribution in [3.8, 4) is 0 Å². The normalized spacial score (nSPS) is 15.5. The molecular weight excluding hydrogens is 266 g/mol. The Bertz CT molecular complexity index is 509. The molecule has 0 aromatic heterocycles. The van der Waals surface area contributed by atoms with Crippen molar-refractivity contribution in [2.45, 2.75) is 39.0 Å². The third kappa shape index (κ3) is 5.58. The molecule has 0 aliphatic heterocycles. The first-order valence-corrected chi connectivity index (χ1v) is 7.59. The van der Waals surface area contributed by atoms with E-state index < -0.39 is 11.9 Å². The number of aryl methyl sites for hydroxylation is 1. The molecule has 1 aliphatic rings. The lowest BCUT2D eigenvalue weighted by Gasteiger charge is -2.14. The van der Waals surface area contributed by atoms with Crippen LogP contribution in [0, 0.1) is 18.8 Å². The number of benzene rings is 1. The summed E-state index contributed by atoms with van der Waals surface area (Å²) in [5, 5.41) is 12.1. The molecule has 0 radical (unpaired) electrons. The summed E-state index contributed by atoms with van der Waals surface area (Å²) in [5.41, 5.74) is 2.11. The maximum atomic E-state index is 11.7. The minimum atomic E-state index is -0.862. The van der Waals surface area contributed by atoms with Crippen LogP contribution in [0.1, 0.15) is 36.8 Å². The Balaban J connectivity index is 1.80. The number of aliphatic carboxylic acids is 1. The van der Waals surface area contributed by atoms with Crippen LogP contribution >= 0.6 is 0 Å². The first kappa shape index (κ1) is 15.5. The topological polar surface area (TPSA) is 66.4 Å². The number of nitrogens with one attached hydrogen (secondary N) is 1. The van der Waals surface area contributed by atoms with Gasteiger partial charge < -0.3 is 10.4 Å². The molecule has 0 bridgehead atoms. The Morgan fingerprint density at radius 2 is 2.14 bits per heavy atom. The second-order valence-corrected chi connectivity index (χ2v) is 6.01. The Kier molecular flexibility index (Phi) is 5.37. The lowest BCUT2D eigenvalue weighted by Crippen LogP contribution is -2.34. The minimum Gasteiger partial charge on any atom is -0.481 e. The highest BCUT2D eigenvalue weighted by Gasteiger charge is 2.23. The maximum Gasteiger partial charge on any atom is 0.308 e. The van der Waals surface area contributed by atoms with Crippen molar-refractivity contribution in [3.05, 3.63) is 35.4 Å². The molecule has 2 N–H and O–H groups in total. The summed E-state index contributed by atoms with van der Waals surface area (Å²) in [4.78, 5) is 23.0. The fraction of sp³-hybridized carbons (Fsp3) is 0.529. The molecule has 1 fully saturated rings. The third-order valence-corrected chi connectivity index (χ3v) is 3.94. The molecule has 0 saturated heterocycles. The summed E-state index contributed by atoms with van der Waals surface area (Å²) in [7, 11) is 0. The van der Waals surface area contributed by atoms with Crippen LogP contribution in [0.3, 0.4) is 0 Å². The van der Waals surface area contributed by atoms with Crippen LogP contribution < -0.4 is 5.32 Å². The van der Waals surface area contributed by atoms with Crippen LogP contribution in [0.5, 0.6) is 0 Å². The Hall–Kier alpha value is -1.84. The van der Waals surface area contributed by atoms with Crippen molar-refractivity contribution in [3.63, 3.8) is 0 Å². The largest absolute Gasteiger partial charge is 0.481 e. The molecule has 114 valence electrons. The first-order valence-electron chi connectivity index (χ1n) is 7.59. The van der Waals surface area contributed by atoms with E-state index >= 15 is 0 Å². The Morgan fingerprint density at radius 1 is 1.38 bits per heavy atom. The molecule has 2 rings (SSSR count).